The lowest BCUT2D eigenvalue weighted by Crippen LogP contribution is -2.32. The van der Waals surface area contributed by atoms with Crippen LogP contribution in [0.1, 0.15) is 13.8 Å². The van der Waals surface area contributed by atoms with Crippen molar-refractivity contribution in [3.63, 3.8) is 0 Å². The van der Waals surface area contributed by atoms with Gasteiger partial charge in [-0.2, -0.15) is 0 Å². The zero-order valence-electron chi connectivity index (χ0n) is 11.8. The summed E-state index contributed by atoms with van der Waals surface area (Å²) in [5, 5.41) is -0.457. The molecule has 1 aromatic carbocycles. The number of hydrogen-bond donors (Lipinski definition) is 1. The predicted molar refractivity (Wildman–Crippen MR) is 79.2 cm³/mol. The molecule has 0 aliphatic carbocycles. The number of alkyl halides is 1. The third-order valence-corrected chi connectivity index (χ3v) is 6.02. The van der Waals surface area contributed by atoms with Crippen LogP contribution in [0.15, 0.2) is 28.0 Å². The summed E-state index contributed by atoms with van der Waals surface area (Å²) < 4.78 is 62.8. The molecule has 0 heterocycles. The quantitative estimate of drug-likeness (QED) is 0.621. The molecule has 0 aromatic heterocycles. The Morgan fingerprint density at radius 3 is 2.29 bits per heavy atom. The Hall–Kier alpha value is -0.700. The minimum absolute atomic E-state index is 0.0292. The van der Waals surface area contributed by atoms with Crippen molar-refractivity contribution < 1.29 is 21.2 Å². The average Bonchev–Trinajstić information content (AvgIpc) is 2.34. The standard InChI is InChI=1S/C12H17ClFNO4S2/c1-8(2)10(13)7-15-21(18,19)12-6-9(20(3,16)17)4-5-11(12)14/h4-6,8,10,15H,7H2,1-3H3. The van der Waals surface area contributed by atoms with E-state index in [9.17, 15) is 21.2 Å². The molecule has 120 valence electrons. The van der Waals surface area contributed by atoms with Crippen LogP contribution >= 0.6 is 11.6 Å². The first-order chi connectivity index (χ1) is 9.45. The van der Waals surface area contributed by atoms with E-state index in [0.29, 0.717) is 0 Å². The number of nitrogens with one attached hydrogen (secondary N) is 1. The molecule has 5 nitrogen and oxygen atoms in total. The van der Waals surface area contributed by atoms with Crippen molar-refractivity contribution >= 4 is 31.5 Å². The lowest BCUT2D eigenvalue weighted by Gasteiger charge is -2.15. The molecule has 0 saturated heterocycles. The van der Waals surface area contributed by atoms with Gasteiger partial charge in [0.15, 0.2) is 9.84 Å². The van der Waals surface area contributed by atoms with Gasteiger partial charge in [-0.05, 0) is 24.1 Å². The van der Waals surface area contributed by atoms with E-state index in [1.165, 1.54) is 0 Å². The molecule has 1 unspecified atom stereocenters. The summed E-state index contributed by atoms with van der Waals surface area (Å²) in [6.45, 7) is 3.55. The number of sulfonamides is 1. The van der Waals surface area contributed by atoms with Crippen molar-refractivity contribution in [3.05, 3.63) is 24.0 Å². The summed E-state index contributed by atoms with van der Waals surface area (Å²) in [6.07, 6.45) is 0.914. The van der Waals surface area contributed by atoms with Gasteiger partial charge in [-0.3, -0.25) is 0 Å². The van der Waals surface area contributed by atoms with Crippen LogP contribution in [-0.4, -0.2) is 35.0 Å². The molecule has 21 heavy (non-hydrogen) atoms. The average molecular weight is 358 g/mol. The zero-order valence-corrected chi connectivity index (χ0v) is 14.2. The van der Waals surface area contributed by atoms with E-state index in [4.69, 9.17) is 11.6 Å². The molecule has 9 heteroatoms. The first-order valence-corrected chi connectivity index (χ1v) is 9.89. The van der Waals surface area contributed by atoms with Crippen LogP contribution in [0.5, 0.6) is 0 Å². The van der Waals surface area contributed by atoms with Crippen LogP contribution < -0.4 is 4.72 Å². The zero-order chi connectivity index (χ0) is 16.4. The first-order valence-electron chi connectivity index (χ1n) is 6.08. The third-order valence-electron chi connectivity index (χ3n) is 2.81. The Balaban J connectivity index is 3.14. The molecule has 1 atom stereocenters. The lowest BCUT2D eigenvalue weighted by molar-refractivity contribution is 0.542. The third kappa shape index (κ3) is 4.91. The molecule has 0 bridgehead atoms. The fourth-order valence-electron chi connectivity index (χ4n) is 1.42. The van der Waals surface area contributed by atoms with Crippen LogP contribution in [-0.2, 0) is 19.9 Å². The number of hydrogen-bond acceptors (Lipinski definition) is 4. The summed E-state index contributed by atoms with van der Waals surface area (Å²) in [5.74, 6) is -0.993. The molecule has 0 radical (unpaired) electrons. The van der Waals surface area contributed by atoms with E-state index in [1.54, 1.807) is 0 Å². The second kappa shape index (κ2) is 6.60. The lowest BCUT2D eigenvalue weighted by atomic mass is 10.1. The Morgan fingerprint density at radius 1 is 1.24 bits per heavy atom. The number of sulfone groups is 1. The summed E-state index contributed by atoms with van der Waals surface area (Å²) in [4.78, 5) is -0.978. The maximum absolute atomic E-state index is 13.7. The summed E-state index contributed by atoms with van der Waals surface area (Å²) in [6, 6.07) is 2.62. The van der Waals surface area contributed by atoms with Crippen molar-refractivity contribution in [2.75, 3.05) is 12.8 Å². The van der Waals surface area contributed by atoms with Gasteiger partial charge in [0.25, 0.3) is 0 Å². The van der Waals surface area contributed by atoms with Crippen molar-refractivity contribution in [1.82, 2.24) is 4.72 Å². The highest BCUT2D eigenvalue weighted by Gasteiger charge is 2.23. The van der Waals surface area contributed by atoms with Crippen LogP contribution in [0.25, 0.3) is 0 Å². The summed E-state index contributed by atoms with van der Waals surface area (Å²) >= 11 is 5.94. The minimum atomic E-state index is -4.18. The number of rotatable bonds is 6. The topological polar surface area (TPSA) is 80.3 Å². The molecule has 0 fully saturated rings. The Bertz CT molecular complexity index is 717. The molecular weight excluding hydrogens is 341 g/mol. The molecule has 0 amide bonds. The Kier molecular flexibility index (Phi) is 5.76. The van der Waals surface area contributed by atoms with Gasteiger partial charge in [-0.1, -0.05) is 13.8 Å². The highest BCUT2D eigenvalue weighted by Crippen LogP contribution is 2.20. The van der Waals surface area contributed by atoms with E-state index >= 15 is 0 Å². The molecule has 0 aliphatic heterocycles. The fraction of sp³-hybridized carbons (Fsp3) is 0.500. The summed E-state index contributed by atoms with van der Waals surface area (Å²) in [5.41, 5.74) is 0. The highest BCUT2D eigenvalue weighted by molar-refractivity contribution is 7.91. The fourth-order valence-corrected chi connectivity index (χ4v) is 3.47. The predicted octanol–water partition coefficient (Wildman–Crippen LogP) is 1.77. The van der Waals surface area contributed by atoms with Crippen molar-refractivity contribution in [2.45, 2.75) is 29.0 Å². The van der Waals surface area contributed by atoms with Gasteiger partial charge in [0, 0.05) is 18.2 Å². The van der Waals surface area contributed by atoms with Gasteiger partial charge in [-0.25, -0.2) is 25.9 Å². The molecule has 0 aliphatic rings. The Morgan fingerprint density at radius 2 is 1.81 bits per heavy atom. The van der Waals surface area contributed by atoms with Gasteiger partial charge in [-0.15, -0.1) is 11.6 Å². The maximum Gasteiger partial charge on any atom is 0.243 e. The van der Waals surface area contributed by atoms with Gasteiger partial charge in [0.1, 0.15) is 10.7 Å². The second-order valence-electron chi connectivity index (χ2n) is 4.98. The van der Waals surface area contributed by atoms with E-state index in [-0.39, 0.29) is 17.4 Å². The van der Waals surface area contributed by atoms with Crippen LogP contribution in [0.3, 0.4) is 0 Å². The van der Waals surface area contributed by atoms with Crippen LogP contribution in [0, 0.1) is 11.7 Å². The van der Waals surface area contributed by atoms with Gasteiger partial charge < -0.3 is 0 Å². The smallest absolute Gasteiger partial charge is 0.224 e. The SMILES string of the molecule is CC(C)C(Cl)CNS(=O)(=O)c1cc(S(C)(=O)=O)ccc1F. The Labute approximate surface area is 129 Å². The van der Waals surface area contributed by atoms with Gasteiger partial charge >= 0.3 is 0 Å². The molecule has 1 rings (SSSR count). The molecule has 1 aromatic rings. The van der Waals surface area contributed by atoms with Crippen LogP contribution in [0.2, 0.25) is 0 Å². The van der Waals surface area contributed by atoms with Crippen molar-refractivity contribution in [3.8, 4) is 0 Å². The largest absolute Gasteiger partial charge is 0.243 e. The monoisotopic (exact) mass is 357 g/mol. The van der Waals surface area contributed by atoms with E-state index in [1.807, 2.05) is 13.8 Å². The molecular formula is C12H17ClFNO4S2. The maximum atomic E-state index is 13.7. The first kappa shape index (κ1) is 18.3. The van der Waals surface area contributed by atoms with E-state index < -0.39 is 36.0 Å². The number of halogens is 2. The minimum Gasteiger partial charge on any atom is -0.224 e. The van der Waals surface area contributed by atoms with Gasteiger partial charge in [0.05, 0.1) is 4.90 Å². The van der Waals surface area contributed by atoms with E-state index in [2.05, 4.69) is 4.72 Å². The van der Waals surface area contributed by atoms with Crippen molar-refractivity contribution in [2.24, 2.45) is 5.92 Å². The molecule has 0 saturated carbocycles. The normalized spacial score (nSPS) is 14.4. The highest BCUT2D eigenvalue weighted by atomic mass is 35.5. The number of benzene rings is 1. The molecule has 0 spiro atoms. The summed E-state index contributed by atoms with van der Waals surface area (Å²) in [7, 11) is -7.81. The van der Waals surface area contributed by atoms with Crippen molar-refractivity contribution in [1.29, 1.82) is 0 Å². The van der Waals surface area contributed by atoms with Gasteiger partial charge in [0.2, 0.25) is 10.0 Å². The van der Waals surface area contributed by atoms with Crippen LogP contribution in [0.4, 0.5) is 4.39 Å². The molecule has 1 N–H and O–H groups in total. The second-order valence-corrected chi connectivity index (χ2v) is 9.29. The van der Waals surface area contributed by atoms with E-state index in [0.717, 1.165) is 24.5 Å².